The van der Waals surface area contributed by atoms with Crippen LogP contribution in [0.4, 0.5) is 0 Å². The molecule has 0 heterocycles. The van der Waals surface area contributed by atoms with Crippen LogP contribution in [0.25, 0.3) is 0 Å². The molecule has 0 bridgehead atoms. The summed E-state index contributed by atoms with van der Waals surface area (Å²) in [7, 11) is -0.743. The van der Waals surface area contributed by atoms with E-state index >= 15 is 0 Å². The van der Waals surface area contributed by atoms with E-state index in [1.54, 1.807) is 12.3 Å². The van der Waals surface area contributed by atoms with Gasteiger partial charge in [0.25, 0.3) is 0 Å². The second kappa shape index (κ2) is 6.00. The van der Waals surface area contributed by atoms with Gasteiger partial charge >= 0.3 is 72.4 Å². The third-order valence-corrected chi connectivity index (χ3v) is 9.18. The number of rotatable bonds is 6. The molecule has 0 spiro atoms. The van der Waals surface area contributed by atoms with Gasteiger partial charge in [-0.1, -0.05) is 0 Å². The number of hydrogen-bond donors (Lipinski definition) is 0. The maximum atomic E-state index is 2.40. The van der Waals surface area contributed by atoms with Crippen molar-refractivity contribution in [1.29, 1.82) is 0 Å². The van der Waals surface area contributed by atoms with E-state index in [1.807, 2.05) is 0 Å². The Morgan fingerprint density at radius 3 is 1.27 bits per heavy atom. The Morgan fingerprint density at radius 1 is 0.727 bits per heavy atom. The first-order chi connectivity index (χ1) is 5.24. The fourth-order valence-corrected chi connectivity index (χ4v) is 6.43. The van der Waals surface area contributed by atoms with E-state index in [0.717, 1.165) is 0 Å². The molecule has 0 aliphatic carbocycles. The molecule has 0 aliphatic rings. The summed E-state index contributed by atoms with van der Waals surface area (Å²) in [5.74, 6) is 0. The van der Waals surface area contributed by atoms with Crippen LogP contribution in [-0.4, -0.2) is 24.6 Å². The molecule has 11 heavy (non-hydrogen) atoms. The Morgan fingerprint density at radius 2 is 1.09 bits per heavy atom. The van der Waals surface area contributed by atoms with E-state index in [4.69, 9.17) is 0 Å². The summed E-state index contributed by atoms with van der Waals surface area (Å²) in [6.45, 7) is 9.48. The van der Waals surface area contributed by atoms with Gasteiger partial charge in [0.1, 0.15) is 0 Å². The zero-order chi connectivity index (χ0) is 8.74. The van der Waals surface area contributed by atoms with Gasteiger partial charge < -0.3 is 0 Å². The van der Waals surface area contributed by atoms with E-state index in [9.17, 15) is 0 Å². The zero-order valence-corrected chi connectivity index (χ0v) is 9.74. The van der Waals surface area contributed by atoms with Crippen molar-refractivity contribution in [3.8, 4) is 0 Å². The molecule has 0 amide bonds. The SMILES string of the molecule is CCC[PH](CC)(CC)CCC. The molecular formula is C10H25P. The van der Waals surface area contributed by atoms with Crippen molar-refractivity contribution in [2.24, 2.45) is 0 Å². The van der Waals surface area contributed by atoms with Crippen molar-refractivity contribution < 1.29 is 0 Å². The van der Waals surface area contributed by atoms with Gasteiger partial charge in [-0.15, -0.1) is 0 Å². The molecule has 70 valence electrons. The summed E-state index contributed by atoms with van der Waals surface area (Å²) in [5.41, 5.74) is 0. The average Bonchev–Trinajstić information content (AvgIpc) is 2.04. The molecule has 0 radical (unpaired) electrons. The topological polar surface area (TPSA) is 0 Å². The van der Waals surface area contributed by atoms with E-state index in [-0.39, 0.29) is 0 Å². The van der Waals surface area contributed by atoms with E-state index < -0.39 is 7.26 Å². The molecule has 0 fully saturated rings. The van der Waals surface area contributed by atoms with Crippen molar-refractivity contribution >= 4 is 7.26 Å². The second-order valence-electron chi connectivity index (χ2n) is 3.71. The third-order valence-electron chi connectivity index (χ3n) is 3.06. The molecule has 0 atom stereocenters. The predicted molar refractivity (Wildman–Crippen MR) is 59.7 cm³/mol. The van der Waals surface area contributed by atoms with E-state index in [1.165, 1.54) is 25.2 Å². The third kappa shape index (κ3) is 3.56. The van der Waals surface area contributed by atoms with Gasteiger partial charge in [-0.2, -0.15) is 0 Å². The molecular weight excluding hydrogens is 151 g/mol. The monoisotopic (exact) mass is 176 g/mol. The van der Waals surface area contributed by atoms with Crippen LogP contribution >= 0.6 is 7.26 Å². The van der Waals surface area contributed by atoms with Crippen LogP contribution in [0, 0.1) is 0 Å². The minimum absolute atomic E-state index is 0.743. The summed E-state index contributed by atoms with van der Waals surface area (Å²) in [6, 6.07) is 0. The van der Waals surface area contributed by atoms with Crippen molar-refractivity contribution in [2.75, 3.05) is 24.6 Å². The second-order valence-corrected chi connectivity index (χ2v) is 9.12. The van der Waals surface area contributed by atoms with E-state index in [0.29, 0.717) is 0 Å². The van der Waals surface area contributed by atoms with Gasteiger partial charge in [0.05, 0.1) is 0 Å². The van der Waals surface area contributed by atoms with Gasteiger partial charge in [0.15, 0.2) is 0 Å². The van der Waals surface area contributed by atoms with Gasteiger partial charge in [-0.05, 0) is 0 Å². The maximum absolute atomic E-state index is 2.40. The molecule has 0 nitrogen and oxygen atoms in total. The normalized spacial score (nSPS) is 13.5. The minimum atomic E-state index is -0.743. The number of hydrogen-bond acceptors (Lipinski definition) is 0. The Balaban J connectivity index is 3.96. The van der Waals surface area contributed by atoms with Crippen LogP contribution in [0.5, 0.6) is 0 Å². The van der Waals surface area contributed by atoms with Crippen LogP contribution in [0.3, 0.4) is 0 Å². The van der Waals surface area contributed by atoms with Gasteiger partial charge in [0, 0.05) is 0 Å². The van der Waals surface area contributed by atoms with Crippen molar-refractivity contribution in [1.82, 2.24) is 0 Å². The van der Waals surface area contributed by atoms with Crippen molar-refractivity contribution in [3.63, 3.8) is 0 Å². The molecule has 0 aromatic heterocycles. The summed E-state index contributed by atoms with van der Waals surface area (Å²) < 4.78 is 0. The first-order valence-electron chi connectivity index (χ1n) is 5.24. The summed E-state index contributed by atoms with van der Waals surface area (Å²) in [4.78, 5) is 0. The first kappa shape index (κ1) is 11.4. The summed E-state index contributed by atoms with van der Waals surface area (Å²) in [6.07, 6.45) is 8.96. The van der Waals surface area contributed by atoms with Crippen molar-refractivity contribution in [3.05, 3.63) is 0 Å². The van der Waals surface area contributed by atoms with Crippen LogP contribution < -0.4 is 0 Å². The molecule has 0 aliphatic heterocycles. The molecule has 1 heteroatoms. The predicted octanol–water partition coefficient (Wildman–Crippen LogP) is 3.60. The standard InChI is InChI=1S/C10H25P/c1-5-9-11(7-3,8-4)10-6-2/h11H,5-10H2,1-4H3. The summed E-state index contributed by atoms with van der Waals surface area (Å²) >= 11 is 0. The summed E-state index contributed by atoms with van der Waals surface area (Å²) in [5, 5.41) is 0. The van der Waals surface area contributed by atoms with Crippen LogP contribution in [-0.2, 0) is 0 Å². The van der Waals surface area contributed by atoms with Gasteiger partial charge in [-0.3, -0.25) is 0 Å². The Labute approximate surface area is 73.1 Å². The molecule has 0 unspecified atom stereocenters. The van der Waals surface area contributed by atoms with Crippen molar-refractivity contribution in [2.45, 2.75) is 40.5 Å². The Hall–Kier alpha value is 0.430. The fourth-order valence-electron chi connectivity index (χ4n) is 2.14. The zero-order valence-electron chi connectivity index (χ0n) is 8.74. The van der Waals surface area contributed by atoms with Gasteiger partial charge in [-0.25, -0.2) is 0 Å². The molecule has 0 saturated carbocycles. The quantitative estimate of drug-likeness (QED) is 0.542. The van der Waals surface area contributed by atoms with Crippen LogP contribution in [0.15, 0.2) is 0 Å². The molecule has 0 aromatic rings. The molecule has 0 saturated heterocycles. The molecule has 0 rings (SSSR count). The fraction of sp³-hybridized carbons (Fsp3) is 1.00. The average molecular weight is 176 g/mol. The Bertz CT molecular complexity index is 76.9. The van der Waals surface area contributed by atoms with Crippen LogP contribution in [0.2, 0.25) is 0 Å². The first-order valence-corrected chi connectivity index (χ1v) is 8.07. The molecule has 0 aromatic carbocycles. The Kier molecular flexibility index (Phi) is 6.24. The van der Waals surface area contributed by atoms with E-state index in [2.05, 4.69) is 27.7 Å². The molecule has 0 N–H and O–H groups in total. The van der Waals surface area contributed by atoms with Crippen LogP contribution in [0.1, 0.15) is 40.5 Å². The van der Waals surface area contributed by atoms with Gasteiger partial charge in [0.2, 0.25) is 0 Å².